The summed E-state index contributed by atoms with van der Waals surface area (Å²) in [7, 11) is 1.71. The second-order valence-corrected chi connectivity index (χ2v) is 5.39. The van der Waals surface area contributed by atoms with Crippen molar-refractivity contribution < 1.29 is 24.5 Å². The van der Waals surface area contributed by atoms with E-state index in [-0.39, 0.29) is 0 Å². The molecule has 3 rings (SSSR count). The fourth-order valence-corrected chi connectivity index (χ4v) is 2.46. The minimum absolute atomic E-state index is 0.795. The predicted octanol–water partition coefficient (Wildman–Crippen LogP) is 2.62. The van der Waals surface area contributed by atoms with Gasteiger partial charge in [-0.2, -0.15) is 0 Å². The Bertz CT molecular complexity index is 876. The van der Waals surface area contributed by atoms with Crippen molar-refractivity contribution in [2.45, 2.75) is 13.1 Å². The molecule has 26 heavy (non-hydrogen) atoms. The number of hydrogen-bond acceptors (Lipinski definition) is 4. The molecule has 3 aromatic rings. The summed E-state index contributed by atoms with van der Waals surface area (Å²) in [6.45, 7) is 1.63. The van der Waals surface area contributed by atoms with E-state index in [4.69, 9.17) is 24.5 Å². The minimum Gasteiger partial charge on any atom is -0.496 e. The summed E-state index contributed by atoms with van der Waals surface area (Å²) in [4.78, 5) is 21.5. The molecule has 0 amide bonds. The number of para-hydroxylation sites is 2. The molecule has 0 saturated carbocycles. The highest BCUT2D eigenvalue weighted by Gasteiger charge is 2.05. The number of ether oxygens (including phenoxy) is 1. The predicted molar refractivity (Wildman–Crippen MR) is 97.1 cm³/mol. The molecule has 0 fully saturated rings. The summed E-state index contributed by atoms with van der Waals surface area (Å²) in [6.07, 6.45) is 2.07. The Hall–Kier alpha value is -3.32. The van der Waals surface area contributed by atoms with Crippen molar-refractivity contribution in [1.29, 1.82) is 0 Å². The summed E-state index contributed by atoms with van der Waals surface area (Å²) >= 11 is 0. The third-order valence-electron chi connectivity index (χ3n) is 3.68. The summed E-state index contributed by atoms with van der Waals surface area (Å²) in [5.41, 5.74) is 3.65. The summed E-state index contributed by atoms with van der Waals surface area (Å²) in [6, 6.07) is 16.5. The molecule has 7 heteroatoms. The number of H-pyrrole nitrogens is 1. The maximum Gasteiger partial charge on any atom is 0.414 e. The zero-order valence-corrected chi connectivity index (χ0v) is 14.2. The third kappa shape index (κ3) is 5.09. The van der Waals surface area contributed by atoms with Crippen LogP contribution in [0.1, 0.15) is 11.1 Å². The van der Waals surface area contributed by atoms with Crippen molar-refractivity contribution in [3.8, 4) is 5.75 Å². The van der Waals surface area contributed by atoms with E-state index in [1.54, 1.807) is 7.11 Å². The van der Waals surface area contributed by atoms with Crippen molar-refractivity contribution in [2.24, 2.45) is 0 Å². The molecule has 0 aliphatic rings. The van der Waals surface area contributed by atoms with Gasteiger partial charge in [0, 0.05) is 35.8 Å². The van der Waals surface area contributed by atoms with Gasteiger partial charge in [0.25, 0.3) is 0 Å². The average Bonchev–Trinajstić information content (AvgIpc) is 3.06. The van der Waals surface area contributed by atoms with Gasteiger partial charge in [-0.05, 0) is 17.7 Å². The minimum atomic E-state index is -1.82. The van der Waals surface area contributed by atoms with Crippen LogP contribution in [0.3, 0.4) is 0 Å². The van der Waals surface area contributed by atoms with Gasteiger partial charge >= 0.3 is 11.9 Å². The fourth-order valence-electron chi connectivity index (χ4n) is 2.46. The number of fused-ring (bicyclic) bond motifs is 1. The van der Waals surface area contributed by atoms with Gasteiger partial charge in [0.2, 0.25) is 0 Å². The number of rotatable bonds is 5. The van der Waals surface area contributed by atoms with Gasteiger partial charge in [-0.1, -0.05) is 36.4 Å². The van der Waals surface area contributed by atoms with Crippen LogP contribution in [0, 0.1) is 0 Å². The van der Waals surface area contributed by atoms with Gasteiger partial charge in [-0.3, -0.25) is 0 Å². The van der Waals surface area contributed by atoms with Crippen LogP contribution < -0.4 is 10.1 Å². The smallest absolute Gasteiger partial charge is 0.414 e. The van der Waals surface area contributed by atoms with Crippen LogP contribution in [0.25, 0.3) is 10.9 Å². The SMILES string of the molecule is COc1ccccc1CNCc1c[nH]c2ccccc12.O=C(O)C(=O)O. The van der Waals surface area contributed by atoms with Crippen LogP contribution in [0.5, 0.6) is 5.75 Å². The Morgan fingerprint density at radius 3 is 2.27 bits per heavy atom. The molecule has 0 saturated heterocycles. The molecule has 1 aromatic heterocycles. The third-order valence-corrected chi connectivity index (χ3v) is 3.68. The zero-order valence-electron chi connectivity index (χ0n) is 14.2. The molecular formula is C19H20N2O5. The lowest BCUT2D eigenvalue weighted by Crippen LogP contribution is -2.13. The molecule has 0 aliphatic carbocycles. The molecule has 0 aliphatic heterocycles. The largest absolute Gasteiger partial charge is 0.496 e. The van der Waals surface area contributed by atoms with Crippen molar-refractivity contribution in [2.75, 3.05) is 7.11 Å². The maximum atomic E-state index is 9.10. The van der Waals surface area contributed by atoms with Gasteiger partial charge in [0.1, 0.15) is 5.75 Å². The Kier molecular flexibility index (Phi) is 6.75. The number of nitrogens with one attached hydrogen (secondary N) is 2. The molecule has 0 spiro atoms. The number of aliphatic carboxylic acids is 2. The second-order valence-electron chi connectivity index (χ2n) is 5.39. The lowest BCUT2D eigenvalue weighted by atomic mass is 10.1. The summed E-state index contributed by atoms with van der Waals surface area (Å²) in [5.74, 6) is -2.72. The molecule has 136 valence electrons. The fraction of sp³-hybridized carbons (Fsp3) is 0.158. The first-order valence-electron chi connectivity index (χ1n) is 7.86. The van der Waals surface area contributed by atoms with Crippen LogP contribution in [0.4, 0.5) is 0 Å². The lowest BCUT2D eigenvalue weighted by molar-refractivity contribution is -0.159. The summed E-state index contributed by atoms with van der Waals surface area (Å²) in [5, 5.41) is 19.5. The van der Waals surface area contributed by atoms with E-state index < -0.39 is 11.9 Å². The number of carbonyl (C=O) groups is 2. The topological polar surface area (TPSA) is 112 Å². The van der Waals surface area contributed by atoms with E-state index in [9.17, 15) is 0 Å². The van der Waals surface area contributed by atoms with Crippen molar-refractivity contribution in [1.82, 2.24) is 10.3 Å². The average molecular weight is 356 g/mol. The van der Waals surface area contributed by atoms with E-state index in [2.05, 4.69) is 40.8 Å². The number of hydrogen-bond donors (Lipinski definition) is 4. The molecule has 0 radical (unpaired) electrons. The summed E-state index contributed by atoms with van der Waals surface area (Å²) < 4.78 is 5.36. The van der Waals surface area contributed by atoms with Crippen molar-refractivity contribution in [3.63, 3.8) is 0 Å². The van der Waals surface area contributed by atoms with Crippen LogP contribution in [0.15, 0.2) is 54.7 Å². The molecule has 4 N–H and O–H groups in total. The van der Waals surface area contributed by atoms with Crippen molar-refractivity contribution in [3.05, 3.63) is 65.9 Å². The molecule has 0 bridgehead atoms. The Balaban J connectivity index is 0.000000352. The zero-order chi connectivity index (χ0) is 18.9. The quantitative estimate of drug-likeness (QED) is 0.523. The van der Waals surface area contributed by atoms with Gasteiger partial charge in [-0.25, -0.2) is 9.59 Å². The number of benzene rings is 2. The highest BCUT2D eigenvalue weighted by molar-refractivity contribution is 6.27. The second kappa shape index (κ2) is 9.24. The Labute approximate surface area is 150 Å². The van der Waals surface area contributed by atoms with Gasteiger partial charge < -0.3 is 25.3 Å². The highest BCUT2D eigenvalue weighted by Crippen LogP contribution is 2.19. The number of carboxylic acids is 2. The number of aromatic amines is 1. The van der Waals surface area contributed by atoms with Crippen LogP contribution in [-0.2, 0) is 22.7 Å². The maximum absolute atomic E-state index is 9.10. The molecule has 0 unspecified atom stereocenters. The van der Waals surface area contributed by atoms with Gasteiger partial charge in [0.05, 0.1) is 7.11 Å². The van der Waals surface area contributed by atoms with E-state index in [0.717, 1.165) is 18.8 Å². The van der Waals surface area contributed by atoms with Gasteiger partial charge in [0.15, 0.2) is 0 Å². The first kappa shape index (κ1) is 19.0. The number of aromatic nitrogens is 1. The standard InChI is InChI=1S/C17H18N2O.C2H2O4/c1-20-17-9-5-2-6-13(17)10-18-11-14-12-19-16-8-4-3-7-15(14)16;3-1(4)2(5)6/h2-9,12,18-19H,10-11H2,1H3;(H,3,4)(H,5,6). The Morgan fingerprint density at radius 2 is 1.58 bits per heavy atom. The number of methoxy groups -OCH3 is 1. The van der Waals surface area contributed by atoms with Crippen LogP contribution in [-0.4, -0.2) is 34.2 Å². The van der Waals surface area contributed by atoms with Crippen molar-refractivity contribution >= 4 is 22.8 Å². The normalized spacial score (nSPS) is 10.0. The monoisotopic (exact) mass is 356 g/mol. The first-order valence-corrected chi connectivity index (χ1v) is 7.86. The Morgan fingerprint density at radius 1 is 0.962 bits per heavy atom. The lowest BCUT2D eigenvalue weighted by Gasteiger charge is -2.09. The van der Waals surface area contributed by atoms with Crippen LogP contribution >= 0.6 is 0 Å². The van der Waals surface area contributed by atoms with E-state index >= 15 is 0 Å². The number of carboxylic acid groups (broad SMARTS) is 2. The van der Waals surface area contributed by atoms with E-state index in [1.165, 1.54) is 22.0 Å². The van der Waals surface area contributed by atoms with E-state index in [0.29, 0.717) is 0 Å². The van der Waals surface area contributed by atoms with Gasteiger partial charge in [-0.15, -0.1) is 0 Å². The highest BCUT2D eigenvalue weighted by atomic mass is 16.5. The molecule has 2 aromatic carbocycles. The molecule has 0 atom stereocenters. The first-order chi connectivity index (χ1) is 12.5. The molecular weight excluding hydrogens is 336 g/mol. The molecule has 1 heterocycles. The van der Waals surface area contributed by atoms with E-state index in [1.807, 2.05) is 24.3 Å². The van der Waals surface area contributed by atoms with Crippen LogP contribution in [0.2, 0.25) is 0 Å². The molecule has 7 nitrogen and oxygen atoms in total.